The van der Waals surface area contributed by atoms with Crippen molar-refractivity contribution < 1.29 is 5.11 Å². The van der Waals surface area contributed by atoms with Crippen LogP contribution in [0.15, 0.2) is 11.6 Å². The van der Waals surface area contributed by atoms with E-state index >= 15 is 0 Å². The van der Waals surface area contributed by atoms with Crippen LogP contribution in [-0.2, 0) is 0 Å². The van der Waals surface area contributed by atoms with E-state index in [1.54, 1.807) is 0 Å². The number of allylic oxidation sites excluding steroid dienone is 1. The maximum atomic E-state index is 10.1. The van der Waals surface area contributed by atoms with Crippen LogP contribution in [0.25, 0.3) is 0 Å². The molecule has 1 fully saturated rings. The molecular formula is C14H24O. The summed E-state index contributed by atoms with van der Waals surface area (Å²) in [5, 5.41) is 10.1. The van der Waals surface area contributed by atoms with Gasteiger partial charge in [0.15, 0.2) is 0 Å². The molecule has 2 rings (SSSR count). The van der Waals surface area contributed by atoms with Gasteiger partial charge in [-0.2, -0.15) is 0 Å². The number of aliphatic hydroxyl groups excluding tert-OH is 1. The van der Waals surface area contributed by atoms with Crippen molar-refractivity contribution in [2.45, 2.75) is 70.3 Å². The van der Waals surface area contributed by atoms with Gasteiger partial charge in [0.2, 0.25) is 0 Å². The summed E-state index contributed by atoms with van der Waals surface area (Å²) in [6.07, 6.45) is 15.0. The third-order valence-corrected chi connectivity index (χ3v) is 4.08. The van der Waals surface area contributed by atoms with Crippen LogP contribution in [0.5, 0.6) is 0 Å². The Hall–Kier alpha value is -0.300. The number of hydrogen-bond donors (Lipinski definition) is 1. The van der Waals surface area contributed by atoms with Crippen LogP contribution in [0.4, 0.5) is 0 Å². The van der Waals surface area contributed by atoms with Gasteiger partial charge in [0.1, 0.15) is 0 Å². The Morgan fingerprint density at radius 2 is 2.00 bits per heavy atom. The van der Waals surface area contributed by atoms with Crippen molar-refractivity contribution in [2.75, 3.05) is 0 Å². The van der Waals surface area contributed by atoms with Crippen LogP contribution in [0.2, 0.25) is 0 Å². The summed E-state index contributed by atoms with van der Waals surface area (Å²) in [4.78, 5) is 0. The zero-order chi connectivity index (χ0) is 10.5. The second-order valence-electron chi connectivity index (χ2n) is 5.27. The molecule has 0 saturated heterocycles. The average Bonchev–Trinajstić information content (AvgIpc) is 2.80. The van der Waals surface area contributed by atoms with Gasteiger partial charge in [-0.1, -0.05) is 31.8 Å². The zero-order valence-electron chi connectivity index (χ0n) is 9.75. The van der Waals surface area contributed by atoms with Gasteiger partial charge in [-0.25, -0.2) is 0 Å². The van der Waals surface area contributed by atoms with Gasteiger partial charge in [-0.3, -0.25) is 0 Å². The highest BCUT2D eigenvalue weighted by molar-refractivity contribution is 5.10. The number of rotatable bonds is 4. The van der Waals surface area contributed by atoms with E-state index in [2.05, 4.69) is 6.08 Å². The fraction of sp³-hybridized carbons (Fsp3) is 0.857. The van der Waals surface area contributed by atoms with Crippen molar-refractivity contribution in [2.24, 2.45) is 5.92 Å². The SMILES string of the molecule is OC(CCC1CCCC1)C1=CCCCC1. The van der Waals surface area contributed by atoms with Crippen LogP contribution in [0.3, 0.4) is 0 Å². The maximum Gasteiger partial charge on any atom is 0.0750 e. The number of hydrogen-bond acceptors (Lipinski definition) is 1. The molecule has 0 aliphatic heterocycles. The predicted octanol–water partition coefficient (Wildman–Crippen LogP) is 3.82. The minimum Gasteiger partial charge on any atom is -0.389 e. The first-order chi connectivity index (χ1) is 7.36. The van der Waals surface area contributed by atoms with E-state index in [1.807, 2.05) is 0 Å². The first-order valence-electron chi connectivity index (χ1n) is 6.73. The zero-order valence-corrected chi connectivity index (χ0v) is 9.75. The quantitative estimate of drug-likeness (QED) is 0.696. The third kappa shape index (κ3) is 3.34. The van der Waals surface area contributed by atoms with Crippen LogP contribution >= 0.6 is 0 Å². The lowest BCUT2D eigenvalue weighted by molar-refractivity contribution is 0.182. The summed E-state index contributed by atoms with van der Waals surface area (Å²) in [5.74, 6) is 0.920. The molecule has 1 unspecified atom stereocenters. The lowest BCUT2D eigenvalue weighted by Crippen LogP contribution is -2.13. The summed E-state index contributed by atoms with van der Waals surface area (Å²) in [6.45, 7) is 0. The molecule has 1 nitrogen and oxygen atoms in total. The predicted molar refractivity (Wildman–Crippen MR) is 63.7 cm³/mol. The van der Waals surface area contributed by atoms with Gasteiger partial charge in [0.05, 0.1) is 6.10 Å². The van der Waals surface area contributed by atoms with Crippen LogP contribution in [0, 0.1) is 5.92 Å². The van der Waals surface area contributed by atoms with Gasteiger partial charge in [-0.05, 0) is 50.0 Å². The molecule has 0 spiro atoms. The van der Waals surface area contributed by atoms with E-state index in [9.17, 15) is 5.11 Å². The Morgan fingerprint density at radius 3 is 2.67 bits per heavy atom. The normalized spacial score (nSPS) is 25.3. The molecule has 0 aromatic carbocycles. The fourth-order valence-electron chi connectivity index (χ4n) is 3.04. The molecule has 1 N–H and O–H groups in total. The molecule has 2 aliphatic carbocycles. The summed E-state index contributed by atoms with van der Waals surface area (Å²) in [7, 11) is 0. The van der Waals surface area contributed by atoms with Gasteiger partial charge in [0.25, 0.3) is 0 Å². The lowest BCUT2D eigenvalue weighted by atomic mass is 9.91. The van der Waals surface area contributed by atoms with Gasteiger partial charge in [0, 0.05) is 0 Å². The highest BCUT2D eigenvalue weighted by Gasteiger charge is 2.18. The average molecular weight is 208 g/mol. The lowest BCUT2D eigenvalue weighted by Gasteiger charge is -2.19. The molecule has 0 amide bonds. The molecule has 86 valence electrons. The van der Waals surface area contributed by atoms with Gasteiger partial charge in [-0.15, -0.1) is 0 Å². The molecule has 15 heavy (non-hydrogen) atoms. The van der Waals surface area contributed by atoms with Crippen molar-refractivity contribution >= 4 is 0 Å². The summed E-state index contributed by atoms with van der Waals surface area (Å²) < 4.78 is 0. The fourth-order valence-corrected chi connectivity index (χ4v) is 3.04. The summed E-state index contributed by atoms with van der Waals surface area (Å²) in [6, 6.07) is 0. The molecular weight excluding hydrogens is 184 g/mol. The van der Waals surface area contributed by atoms with E-state index in [0.29, 0.717) is 0 Å². The van der Waals surface area contributed by atoms with Crippen molar-refractivity contribution in [3.8, 4) is 0 Å². The van der Waals surface area contributed by atoms with E-state index < -0.39 is 0 Å². The van der Waals surface area contributed by atoms with E-state index in [1.165, 1.54) is 56.9 Å². The maximum absolute atomic E-state index is 10.1. The minimum absolute atomic E-state index is 0.120. The third-order valence-electron chi connectivity index (χ3n) is 4.08. The molecule has 0 bridgehead atoms. The van der Waals surface area contributed by atoms with Crippen LogP contribution in [-0.4, -0.2) is 11.2 Å². The Balaban J connectivity index is 1.71. The monoisotopic (exact) mass is 208 g/mol. The van der Waals surface area contributed by atoms with Crippen molar-refractivity contribution in [1.29, 1.82) is 0 Å². The smallest absolute Gasteiger partial charge is 0.0750 e. The first-order valence-corrected chi connectivity index (χ1v) is 6.73. The standard InChI is InChI=1S/C14H24O/c15-14(13-8-2-1-3-9-13)11-10-12-6-4-5-7-12/h8,12,14-15H,1-7,9-11H2. The van der Waals surface area contributed by atoms with E-state index in [0.717, 1.165) is 18.8 Å². The second kappa shape index (κ2) is 5.69. The molecule has 0 radical (unpaired) electrons. The summed E-state index contributed by atoms with van der Waals surface area (Å²) >= 11 is 0. The van der Waals surface area contributed by atoms with Crippen molar-refractivity contribution in [3.63, 3.8) is 0 Å². The van der Waals surface area contributed by atoms with Gasteiger partial charge < -0.3 is 5.11 Å². The molecule has 2 aliphatic rings. The largest absolute Gasteiger partial charge is 0.389 e. The Morgan fingerprint density at radius 1 is 1.20 bits per heavy atom. The molecule has 1 heteroatoms. The van der Waals surface area contributed by atoms with Crippen LogP contribution in [0.1, 0.15) is 64.2 Å². The van der Waals surface area contributed by atoms with E-state index in [-0.39, 0.29) is 6.10 Å². The van der Waals surface area contributed by atoms with Crippen molar-refractivity contribution in [1.82, 2.24) is 0 Å². The topological polar surface area (TPSA) is 20.2 Å². The summed E-state index contributed by atoms with van der Waals surface area (Å²) in [5.41, 5.74) is 1.33. The highest BCUT2D eigenvalue weighted by atomic mass is 16.3. The minimum atomic E-state index is -0.120. The molecule has 0 heterocycles. The Bertz CT molecular complexity index is 213. The molecule has 0 aromatic heterocycles. The Kier molecular flexibility index (Phi) is 4.25. The molecule has 0 aromatic rings. The Labute approximate surface area is 93.6 Å². The van der Waals surface area contributed by atoms with Crippen LogP contribution < -0.4 is 0 Å². The second-order valence-corrected chi connectivity index (χ2v) is 5.27. The van der Waals surface area contributed by atoms with Crippen molar-refractivity contribution in [3.05, 3.63) is 11.6 Å². The van der Waals surface area contributed by atoms with E-state index in [4.69, 9.17) is 0 Å². The number of aliphatic hydroxyl groups is 1. The molecule has 1 saturated carbocycles. The first kappa shape index (κ1) is 11.2. The van der Waals surface area contributed by atoms with Gasteiger partial charge >= 0.3 is 0 Å². The molecule has 1 atom stereocenters. The highest BCUT2D eigenvalue weighted by Crippen LogP contribution is 2.30.